The van der Waals surface area contributed by atoms with Crippen molar-refractivity contribution in [3.05, 3.63) is 24.8 Å². The van der Waals surface area contributed by atoms with Crippen LogP contribution in [0.3, 0.4) is 0 Å². The molecule has 0 spiro atoms. The first-order valence-electron chi connectivity index (χ1n) is 7.32. The van der Waals surface area contributed by atoms with Crippen molar-refractivity contribution in [2.24, 2.45) is 23.7 Å². The van der Waals surface area contributed by atoms with Crippen LogP contribution in [0.1, 0.15) is 26.2 Å². The lowest BCUT2D eigenvalue weighted by Gasteiger charge is -2.23. The highest BCUT2D eigenvalue weighted by Gasteiger charge is 2.55. The molecule has 3 rings (SSSR count). The predicted molar refractivity (Wildman–Crippen MR) is 72.4 cm³/mol. The summed E-state index contributed by atoms with van der Waals surface area (Å²) in [6.07, 6.45) is 10.1. The van der Waals surface area contributed by atoms with Crippen LogP contribution in [0.4, 0.5) is 0 Å². The smallest absolute Gasteiger partial charge is 0.330 e. The van der Waals surface area contributed by atoms with Crippen molar-refractivity contribution >= 4 is 5.97 Å². The second-order valence-corrected chi connectivity index (χ2v) is 6.06. The Bertz CT molecular complexity index is 401. The van der Waals surface area contributed by atoms with Crippen LogP contribution in [0.5, 0.6) is 0 Å². The van der Waals surface area contributed by atoms with Crippen molar-refractivity contribution in [1.29, 1.82) is 0 Å². The lowest BCUT2D eigenvalue weighted by atomic mass is 9.82. The van der Waals surface area contributed by atoms with Crippen LogP contribution in [0.2, 0.25) is 0 Å². The second-order valence-electron chi connectivity index (χ2n) is 6.06. The molecule has 0 aromatic rings. The number of hydrogen-bond acceptors (Lipinski definition) is 3. The van der Waals surface area contributed by atoms with Gasteiger partial charge in [-0.1, -0.05) is 18.7 Å². The van der Waals surface area contributed by atoms with Gasteiger partial charge in [-0.15, -0.1) is 0 Å². The standard InChI is InChI=1S/C16H22O3/c1-3-15(17)18-9-10(2)19-16-13-7-8-14(16)12-6-4-5-11(12)13/h3-5,10-14,16H,1,6-9H2,2H3. The number of carbonyl (C=O) groups is 1. The van der Waals surface area contributed by atoms with E-state index in [9.17, 15) is 4.79 Å². The summed E-state index contributed by atoms with van der Waals surface area (Å²) in [5, 5.41) is 0. The highest BCUT2D eigenvalue weighted by Crippen LogP contribution is 2.57. The first kappa shape index (κ1) is 12.9. The lowest BCUT2D eigenvalue weighted by molar-refractivity contribution is -0.144. The quantitative estimate of drug-likeness (QED) is 0.434. The Labute approximate surface area is 114 Å². The largest absolute Gasteiger partial charge is 0.460 e. The lowest BCUT2D eigenvalue weighted by Crippen LogP contribution is -2.29. The van der Waals surface area contributed by atoms with Crippen LogP contribution >= 0.6 is 0 Å². The fourth-order valence-corrected chi connectivity index (χ4v) is 4.28. The Balaban J connectivity index is 1.55. The Morgan fingerprint density at radius 2 is 2.21 bits per heavy atom. The summed E-state index contributed by atoms with van der Waals surface area (Å²) in [5.41, 5.74) is 0. The summed E-state index contributed by atoms with van der Waals surface area (Å²) >= 11 is 0. The molecule has 6 unspecified atom stereocenters. The number of fused-ring (bicyclic) bond motifs is 5. The molecule has 2 bridgehead atoms. The molecule has 0 heterocycles. The van der Waals surface area contributed by atoms with Gasteiger partial charge in [0.2, 0.25) is 0 Å². The van der Waals surface area contributed by atoms with Gasteiger partial charge < -0.3 is 9.47 Å². The van der Waals surface area contributed by atoms with Gasteiger partial charge in [0, 0.05) is 6.08 Å². The molecule has 3 aliphatic carbocycles. The fourth-order valence-electron chi connectivity index (χ4n) is 4.28. The monoisotopic (exact) mass is 262 g/mol. The Hall–Kier alpha value is -1.09. The number of ether oxygens (including phenoxy) is 2. The molecule has 6 atom stereocenters. The minimum atomic E-state index is -0.371. The molecule has 0 saturated heterocycles. The van der Waals surface area contributed by atoms with Gasteiger partial charge in [-0.05, 0) is 49.9 Å². The zero-order valence-electron chi connectivity index (χ0n) is 11.5. The number of allylic oxidation sites excluding steroid dienone is 2. The van der Waals surface area contributed by atoms with Crippen LogP contribution < -0.4 is 0 Å². The SMILES string of the molecule is C=CC(=O)OCC(C)OC1C2CCC1C1CC=CC12. The third kappa shape index (κ3) is 2.25. The first-order valence-corrected chi connectivity index (χ1v) is 7.32. The van der Waals surface area contributed by atoms with Gasteiger partial charge >= 0.3 is 5.97 Å². The summed E-state index contributed by atoms with van der Waals surface area (Å²) < 4.78 is 11.2. The van der Waals surface area contributed by atoms with E-state index in [4.69, 9.17) is 9.47 Å². The van der Waals surface area contributed by atoms with E-state index in [1.165, 1.54) is 25.3 Å². The molecular weight excluding hydrogens is 240 g/mol. The van der Waals surface area contributed by atoms with E-state index < -0.39 is 0 Å². The molecule has 3 aliphatic rings. The molecule has 3 nitrogen and oxygen atoms in total. The molecule has 0 aromatic heterocycles. The van der Waals surface area contributed by atoms with Crippen LogP contribution in [0.15, 0.2) is 24.8 Å². The summed E-state index contributed by atoms with van der Waals surface area (Å²) in [7, 11) is 0. The van der Waals surface area contributed by atoms with E-state index in [1.807, 2.05) is 6.92 Å². The molecule has 104 valence electrons. The van der Waals surface area contributed by atoms with Gasteiger partial charge in [-0.25, -0.2) is 4.79 Å². The Morgan fingerprint density at radius 1 is 1.42 bits per heavy atom. The molecule has 0 N–H and O–H groups in total. The molecule has 19 heavy (non-hydrogen) atoms. The van der Waals surface area contributed by atoms with Crippen molar-refractivity contribution in [3.63, 3.8) is 0 Å². The molecule has 0 aromatic carbocycles. The number of carbonyl (C=O) groups excluding carboxylic acids is 1. The van der Waals surface area contributed by atoms with Gasteiger partial charge in [-0.3, -0.25) is 0 Å². The molecule has 0 radical (unpaired) electrons. The molecule has 2 fully saturated rings. The molecule has 0 aliphatic heterocycles. The van der Waals surface area contributed by atoms with Crippen molar-refractivity contribution in [2.75, 3.05) is 6.61 Å². The average Bonchev–Trinajstić information content (AvgIpc) is 3.08. The summed E-state index contributed by atoms with van der Waals surface area (Å²) in [4.78, 5) is 11.0. The maximum Gasteiger partial charge on any atom is 0.330 e. The van der Waals surface area contributed by atoms with Crippen LogP contribution in [-0.2, 0) is 14.3 Å². The van der Waals surface area contributed by atoms with E-state index >= 15 is 0 Å². The molecular formula is C16H22O3. The highest BCUT2D eigenvalue weighted by molar-refractivity contribution is 5.81. The maximum absolute atomic E-state index is 11.0. The van der Waals surface area contributed by atoms with Crippen molar-refractivity contribution in [1.82, 2.24) is 0 Å². The predicted octanol–water partition coefficient (Wildman–Crippen LogP) is 2.72. The maximum atomic E-state index is 11.0. The van der Waals surface area contributed by atoms with Gasteiger partial charge in [0.15, 0.2) is 0 Å². The van der Waals surface area contributed by atoms with Crippen LogP contribution in [0, 0.1) is 23.7 Å². The molecule has 3 heteroatoms. The van der Waals surface area contributed by atoms with E-state index in [0.29, 0.717) is 24.5 Å². The van der Waals surface area contributed by atoms with E-state index in [2.05, 4.69) is 18.7 Å². The summed E-state index contributed by atoms with van der Waals surface area (Å²) in [6, 6.07) is 0. The van der Waals surface area contributed by atoms with Crippen LogP contribution in [-0.4, -0.2) is 24.8 Å². The van der Waals surface area contributed by atoms with Crippen LogP contribution in [0.25, 0.3) is 0 Å². The molecule has 2 saturated carbocycles. The normalized spacial score (nSPS) is 40.2. The minimum absolute atomic E-state index is 0.0280. The number of esters is 1. The van der Waals surface area contributed by atoms with E-state index in [1.54, 1.807) is 0 Å². The summed E-state index contributed by atoms with van der Waals surface area (Å²) in [6.45, 7) is 5.70. The topological polar surface area (TPSA) is 35.5 Å². The van der Waals surface area contributed by atoms with E-state index in [0.717, 1.165) is 11.8 Å². The van der Waals surface area contributed by atoms with Gasteiger partial charge in [-0.2, -0.15) is 0 Å². The van der Waals surface area contributed by atoms with E-state index in [-0.39, 0.29) is 12.1 Å². The average molecular weight is 262 g/mol. The van der Waals surface area contributed by atoms with Gasteiger partial charge in [0.25, 0.3) is 0 Å². The molecule has 0 amide bonds. The van der Waals surface area contributed by atoms with Gasteiger partial charge in [0.05, 0.1) is 12.2 Å². The van der Waals surface area contributed by atoms with Crippen molar-refractivity contribution < 1.29 is 14.3 Å². The van der Waals surface area contributed by atoms with Crippen molar-refractivity contribution in [2.45, 2.75) is 38.4 Å². The first-order chi connectivity index (χ1) is 9.20. The fraction of sp³-hybridized carbons (Fsp3) is 0.688. The summed E-state index contributed by atoms with van der Waals surface area (Å²) in [5.74, 6) is 2.58. The zero-order chi connectivity index (χ0) is 13.4. The van der Waals surface area contributed by atoms with Crippen molar-refractivity contribution in [3.8, 4) is 0 Å². The Morgan fingerprint density at radius 3 is 2.95 bits per heavy atom. The third-order valence-electron chi connectivity index (χ3n) is 5.00. The number of hydrogen-bond donors (Lipinski definition) is 0. The third-order valence-corrected chi connectivity index (χ3v) is 5.00. The number of rotatable bonds is 5. The van der Waals surface area contributed by atoms with Gasteiger partial charge in [0.1, 0.15) is 6.61 Å². The zero-order valence-corrected chi connectivity index (χ0v) is 11.5. The second kappa shape index (κ2) is 5.12. The minimum Gasteiger partial charge on any atom is -0.460 e. The highest BCUT2D eigenvalue weighted by atomic mass is 16.6. The Kier molecular flexibility index (Phi) is 3.48.